The quantitative estimate of drug-likeness (QED) is 0.826. The first-order valence-corrected chi connectivity index (χ1v) is 7.76. The molecule has 1 aliphatic rings. The zero-order chi connectivity index (χ0) is 13.8. The van der Waals surface area contributed by atoms with Gasteiger partial charge < -0.3 is 5.32 Å². The van der Waals surface area contributed by atoms with Crippen LogP contribution in [0.3, 0.4) is 0 Å². The van der Waals surface area contributed by atoms with Crippen LogP contribution < -0.4 is 5.32 Å². The van der Waals surface area contributed by atoms with Crippen LogP contribution in [0.15, 0.2) is 48.5 Å². The van der Waals surface area contributed by atoms with Gasteiger partial charge in [-0.1, -0.05) is 55.5 Å². The van der Waals surface area contributed by atoms with Gasteiger partial charge in [0.1, 0.15) is 0 Å². The van der Waals surface area contributed by atoms with E-state index in [-0.39, 0.29) is 0 Å². The van der Waals surface area contributed by atoms with E-state index < -0.39 is 0 Å². The normalized spacial score (nSPS) is 14.4. The topological polar surface area (TPSA) is 12.0 Å². The van der Waals surface area contributed by atoms with Gasteiger partial charge >= 0.3 is 0 Å². The van der Waals surface area contributed by atoms with Gasteiger partial charge in [0.25, 0.3) is 0 Å². The minimum atomic E-state index is 0.545. The average molecular weight is 265 g/mol. The lowest BCUT2D eigenvalue weighted by Gasteiger charge is -2.20. The van der Waals surface area contributed by atoms with Gasteiger partial charge in [-0.25, -0.2) is 0 Å². The molecule has 20 heavy (non-hydrogen) atoms. The summed E-state index contributed by atoms with van der Waals surface area (Å²) in [6, 6.07) is 18.0. The van der Waals surface area contributed by atoms with E-state index in [1.807, 2.05) is 0 Å². The van der Waals surface area contributed by atoms with E-state index in [0.29, 0.717) is 5.92 Å². The summed E-state index contributed by atoms with van der Waals surface area (Å²) in [4.78, 5) is 0. The van der Waals surface area contributed by atoms with Crippen molar-refractivity contribution >= 4 is 0 Å². The summed E-state index contributed by atoms with van der Waals surface area (Å²) in [6.45, 7) is 4.31. The number of hydrogen-bond donors (Lipinski definition) is 1. The van der Waals surface area contributed by atoms with Crippen molar-refractivity contribution in [3.63, 3.8) is 0 Å². The highest BCUT2D eigenvalue weighted by Gasteiger charge is 2.22. The monoisotopic (exact) mass is 265 g/mol. The summed E-state index contributed by atoms with van der Waals surface area (Å²) in [6.07, 6.45) is 3.53. The number of benzene rings is 2. The molecule has 0 unspecified atom stereocenters. The molecule has 0 fully saturated rings. The first kappa shape index (κ1) is 13.4. The molecule has 0 spiro atoms. The first-order valence-electron chi connectivity index (χ1n) is 7.76. The Bertz CT molecular complexity index is 526. The number of fused-ring (bicyclic) bond motifs is 2. The molecule has 1 N–H and O–H groups in total. The SMILES string of the molecule is CCNCCC1c2ccccc2CCc2ccccc21. The van der Waals surface area contributed by atoms with Gasteiger partial charge in [-0.3, -0.25) is 0 Å². The third-order valence-electron chi connectivity index (χ3n) is 4.38. The van der Waals surface area contributed by atoms with Crippen molar-refractivity contribution in [2.75, 3.05) is 13.1 Å². The molecule has 0 radical (unpaired) electrons. The van der Waals surface area contributed by atoms with Gasteiger partial charge in [0.05, 0.1) is 0 Å². The molecule has 0 bridgehead atoms. The molecule has 0 aromatic heterocycles. The van der Waals surface area contributed by atoms with Crippen LogP contribution in [0.4, 0.5) is 0 Å². The molecular weight excluding hydrogens is 242 g/mol. The summed E-state index contributed by atoms with van der Waals surface area (Å²) in [5, 5.41) is 3.48. The highest BCUT2D eigenvalue weighted by molar-refractivity contribution is 5.44. The molecule has 3 rings (SSSR count). The lowest BCUT2D eigenvalue weighted by Crippen LogP contribution is -2.18. The highest BCUT2D eigenvalue weighted by Crippen LogP contribution is 2.36. The first-order chi connectivity index (χ1) is 9.90. The Morgan fingerprint density at radius 1 is 0.900 bits per heavy atom. The van der Waals surface area contributed by atoms with E-state index in [1.165, 1.54) is 41.5 Å². The zero-order valence-corrected chi connectivity index (χ0v) is 12.2. The molecule has 0 atom stereocenters. The van der Waals surface area contributed by atoms with Crippen molar-refractivity contribution in [3.8, 4) is 0 Å². The highest BCUT2D eigenvalue weighted by atomic mass is 14.8. The van der Waals surface area contributed by atoms with E-state index in [1.54, 1.807) is 0 Å². The van der Waals surface area contributed by atoms with E-state index in [0.717, 1.165) is 13.1 Å². The van der Waals surface area contributed by atoms with Crippen LogP contribution in [-0.2, 0) is 12.8 Å². The Morgan fingerprint density at radius 2 is 1.45 bits per heavy atom. The number of rotatable bonds is 4. The Kier molecular flexibility index (Phi) is 4.17. The van der Waals surface area contributed by atoms with Crippen molar-refractivity contribution < 1.29 is 0 Å². The summed E-state index contributed by atoms with van der Waals surface area (Å²) in [7, 11) is 0. The zero-order valence-electron chi connectivity index (χ0n) is 12.2. The number of nitrogens with one attached hydrogen (secondary N) is 1. The van der Waals surface area contributed by atoms with E-state index >= 15 is 0 Å². The largest absolute Gasteiger partial charge is 0.317 e. The van der Waals surface area contributed by atoms with Gasteiger partial charge in [0.2, 0.25) is 0 Å². The molecule has 0 saturated heterocycles. The van der Waals surface area contributed by atoms with Crippen molar-refractivity contribution in [2.24, 2.45) is 0 Å². The van der Waals surface area contributed by atoms with Gasteiger partial charge in [-0.05, 0) is 54.6 Å². The van der Waals surface area contributed by atoms with Gasteiger partial charge in [0, 0.05) is 5.92 Å². The molecule has 0 saturated carbocycles. The number of hydrogen-bond acceptors (Lipinski definition) is 1. The maximum Gasteiger partial charge on any atom is 0.0107 e. The fourth-order valence-corrected chi connectivity index (χ4v) is 3.37. The third kappa shape index (κ3) is 2.64. The summed E-state index contributed by atoms with van der Waals surface area (Å²) >= 11 is 0. The number of aryl methyl sites for hydroxylation is 2. The van der Waals surface area contributed by atoms with Gasteiger partial charge in [-0.2, -0.15) is 0 Å². The van der Waals surface area contributed by atoms with Gasteiger partial charge in [0.15, 0.2) is 0 Å². The fraction of sp³-hybridized carbons (Fsp3) is 0.368. The van der Waals surface area contributed by atoms with Crippen LogP contribution in [0.5, 0.6) is 0 Å². The van der Waals surface area contributed by atoms with Crippen LogP contribution in [0, 0.1) is 0 Å². The van der Waals surface area contributed by atoms with Crippen LogP contribution in [0.25, 0.3) is 0 Å². The smallest absolute Gasteiger partial charge is 0.0107 e. The van der Waals surface area contributed by atoms with Crippen LogP contribution in [-0.4, -0.2) is 13.1 Å². The average Bonchev–Trinajstić information content (AvgIpc) is 2.66. The second-order valence-electron chi connectivity index (χ2n) is 5.59. The van der Waals surface area contributed by atoms with Crippen molar-refractivity contribution in [1.82, 2.24) is 5.32 Å². The molecular formula is C19H23N. The second kappa shape index (κ2) is 6.23. The molecule has 1 nitrogen and oxygen atoms in total. The fourth-order valence-electron chi connectivity index (χ4n) is 3.37. The Balaban J connectivity index is 2.00. The van der Waals surface area contributed by atoms with Crippen LogP contribution in [0.2, 0.25) is 0 Å². The molecule has 2 aromatic rings. The summed E-state index contributed by atoms with van der Waals surface area (Å²) in [5.41, 5.74) is 6.14. The minimum absolute atomic E-state index is 0.545. The molecule has 1 heteroatoms. The van der Waals surface area contributed by atoms with Crippen LogP contribution >= 0.6 is 0 Å². The van der Waals surface area contributed by atoms with Crippen molar-refractivity contribution in [2.45, 2.75) is 32.1 Å². The Hall–Kier alpha value is -1.60. The summed E-state index contributed by atoms with van der Waals surface area (Å²) < 4.78 is 0. The maximum atomic E-state index is 3.48. The van der Waals surface area contributed by atoms with E-state index in [4.69, 9.17) is 0 Å². The van der Waals surface area contributed by atoms with E-state index in [9.17, 15) is 0 Å². The van der Waals surface area contributed by atoms with Crippen LogP contribution in [0.1, 0.15) is 41.5 Å². The third-order valence-corrected chi connectivity index (χ3v) is 4.38. The standard InChI is InChI=1S/C19H23N/c1-2-20-14-13-19-17-9-5-3-7-15(17)11-12-16-8-4-6-10-18(16)19/h3-10,19-20H,2,11-14H2,1H3. The molecule has 104 valence electrons. The predicted molar refractivity (Wildman–Crippen MR) is 85.3 cm³/mol. The molecule has 0 heterocycles. The second-order valence-corrected chi connectivity index (χ2v) is 5.59. The molecule has 1 aliphatic carbocycles. The lowest BCUT2D eigenvalue weighted by atomic mass is 9.86. The minimum Gasteiger partial charge on any atom is -0.317 e. The van der Waals surface area contributed by atoms with Crippen molar-refractivity contribution in [1.29, 1.82) is 0 Å². The lowest BCUT2D eigenvalue weighted by molar-refractivity contribution is 0.627. The van der Waals surface area contributed by atoms with Crippen molar-refractivity contribution in [3.05, 3.63) is 70.8 Å². The van der Waals surface area contributed by atoms with Gasteiger partial charge in [-0.15, -0.1) is 0 Å². The molecule has 2 aromatic carbocycles. The molecule has 0 aliphatic heterocycles. The maximum absolute atomic E-state index is 3.48. The Labute approximate surface area is 122 Å². The summed E-state index contributed by atoms with van der Waals surface area (Å²) in [5.74, 6) is 0.545. The molecule has 0 amide bonds. The van der Waals surface area contributed by atoms with E-state index in [2.05, 4.69) is 60.8 Å². The Morgan fingerprint density at radius 3 is 2.00 bits per heavy atom. The predicted octanol–water partition coefficient (Wildman–Crippen LogP) is 3.92.